The van der Waals surface area contributed by atoms with Gasteiger partial charge in [0.15, 0.2) is 9.84 Å². The van der Waals surface area contributed by atoms with Crippen molar-refractivity contribution in [2.24, 2.45) is 5.41 Å². The second-order valence-corrected chi connectivity index (χ2v) is 6.30. The van der Waals surface area contributed by atoms with Gasteiger partial charge in [-0.15, -0.1) is 0 Å². The SMILES string of the molecule is CNCC1(CCOC)CCS(=O)(=O)C1. The number of hydrogen-bond acceptors (Lipinski definition) is 4. The van der Waals surface area contributed by atoms with Crippen molar-refractivity contribution < 1.29 is 13.2 Å². The van der Waals surface area contributed by atoms with E-state index in [1.807, 2.05) is 7.05 Å². The summed E-state index contributed by atoms with van der Waals surface area (Å²) in [5, 5.41) is 3.08. The Morgan fingerprint density at radius 3 is 2.64 bits per heavy atom. The molecule has 1 rings (SSSR count). The summed E-state index contributed by atoms with van der Waals surface area (Å²) >= 11 is 0. The number of hydrogen-bond donors (Lipinski definition) is 1. The molecule has 0 amide bonds. The number of methoxy groups -OCH3 is 1. The van der Waals surface area contributed by atoms with Crippen molar-refractivity contribution in [3.05, 3.63) is 0 Å². The molecule has 1 aliphatic heterocycles. The zero-order chi connectivity index (χ0) is 10.7. The van der Waals surface area contributed by atoms with Gasteiger partial charge in [0.25, 0.3) is 0 Å². The summed E-state index contributed by atoms with van der Waals surface area (Å²) in [5.74, 6) is 0.641. The second kappa shape index (κ2) is 4.59. The van der Waals surface area contributed by atoms with E-state index >= 15 is 0 Å². The number of nitrogens with one attached hydrogen (secondary N) is 1. The monoisotopic (exact) mass is 221 g/mol. The summed E-state index contributed by atoms with van der Waals surface area (Å²) in [4.78, 5) is 0. The fraction of sp³-hybridized carbons (Fsp3) is 1.00. The maximum Gasteiger partial charge on any atom is 0.150 e. The third kappa shape index (κ3) is 2.93. The van der Waals surface area contributed by atoms with E-state index in [1.54, 1.807) is 7.11 Å². The molecule has 1 saturated heterocycles. The van der Waals surface area contributed by atoms with E-state index in [2.05, 4.69) is 5.32 Å². The van der Waals surface area contributed by atoms with Crippen LogP contribution in [-0.2, 0) is 14.6 Å². The van der Waals surface area contributed by atoms with Crippen molar-refractivity contribution in [3.63, 3.8) is 0 Å². The number of ether oxygens (including phenoxy) is 1. The highest BCUT2D eigenvalue weighted by molar-refractivity contribution is 7.91. The van der Waals surface area contributed by atoms with Crippen LogP contribution in [0.25, 0.3) is 0 Å². The molecule has 1 N–H and O–H groups in total. The minimum atomic E-state index is -2.80. The highest BCUT2D eigenvalue weighted by Crippen LogP contribution is 2.34. The molecule has 0 aromatic heterocycles. The lowest BCUT2D eigenvalue weighted by Gasteiger charge is -2.26. The van der Waals surface area contributed by atoms with Crippen LogP contribution in [0.5, 0.6) is 0 Å². The first kappa shape index (κ1) is 11.9. The van der Waals surface area contributed by atoms with E-state index in [0.29, 0.717) is 18.1 Å². The van der Waals surface area contributed by atoms with E-state index in [1.165, 1.54) is 0 Å². The number of rotatable bonds is 5. The van der Waals surface area contributed by atoms with Crippen LogP contribution >= 0.6 is 0 Å². The van der Waals surface area contributed by atoms with Gasteiger partial charge in [0.1, 0.15) is 0 Å². The molecule has 0 aromatic rings. The van der Waals surface area contributed by atoms with E-state index in [-0.39, 0.29) is 5.41 Å². The molecular weight excluding hydrogens is 202 g/mol. The fourth-order valence-corrected chi connectivity index (χ4v) is 4.31. The second-order valence-electron chi connectivity index (χ2n) is 4.12. The van der Waals surface area contributed by atoms with Crippen molar-refractivity contribution in [1.82, 2.24) is 5.32 Å². The summed E-state index contributed by atoms with van der Waals surface area (Å²) < 4.78 is 27.9. The van der Waals surface area contributed by atoms with Gasteiger partial charge in [-0.25, -0.2) is 8.42 Å². The lowest BCUT2D eigenvalue weighted by molar-refractivity contribution is 0.146. The Morgan fingerprint density at radius 2 is 2.21 bits per heavy atom. The van der Waals surface area contributed by atoms with E-state index < -0.39 is 9.84 Å². The molecule has 0 saturated carbocycles. The number of sulfone groups is 1. The molecule has 0 spiro atoms. The summed E-state index contributed by atoms with van der Waals surface area (Å²) in [6.07, 6.45) is 1.59. The van der Waals surface area contributed by atoms with E-state index in [9.17, 15) is 8.42 Å². The van der Waals surface area contributed by atoms with Gasteiger partial charge in [-0.3, -0.25) is 0 Å². The molecule has 1 unspecified atom stereocenters. The molecule has 0 aliphatic carbocycles. The zero-order valence-electron chi connectivity index (χ0n) is 8.88. The first-order chi connectivity index (χ1) is 6.54. The maximum absolute atomic E-state index is 11.4. The molecule has 5 heteroatoms. The van der Waals surface area contributed by atoms with Crippen molar-refractivity contribution in [2.45, 2.75) is 12.8 Å². The zero-order valence-corrected chi connectivity index (χ0v) is 9.69. The Hall–Kier alpha value is -0.130. The highest BCUT2D eigenvalue weighted by Gasteiger charge is 2.41. The molecule has 0 aromatic carbocycles. The predicted molar refractivity (Wildman–Crippen MR) is 56.1 cm³/mol. The molecular formula is C9H19NO3S. The Bertz CT molecular complexity index is 276. The Balaban J connectivity index is 2.64. The first-order valence-electron chi connectivity index (χ1n) is 4.88. The highest BCUT2D eigenvalue weighted by atomic mass is 32.2. The minimum Gasteiger partial charge on any atom is -0.385 e. The average Bonchev–Trinajstić information content (AvgIpc) is 2.40. The van der Waals surface area contributed by atoms with Gasteiger partial charge in [-0.2, -0.15) is 0 Å². The van der Waals surface area contributed by atoms with Crippen LogP contribution in [0.15, 0.2) is 0 Å². The minimum absolute atomic E-state index is 0.0937. The maximum atomic E-state index is 11.4. The van der Waals surface area contributed by atoms with Gasteiger partial charge in [0.05, 0.1) is 11.5 Å². The molecule has 1 fully saturated rings. The van der Waals surface area contributed by atoms with Crippen molar-refractivity contribution in [2.75, 3.05) is 38.8 Å². The molecule has 1 aliphatic rings. The average molecular weight is 221 g/mol. The Labute approximate surface area is 85.9 Å². The normalized spacial score (nSPS) is 30.7. The largest absolute Gasteiger partial charge is 0.385 e. The fourth-order valence-electron chi connectivity index (χ4n) is 2.10. The smallest absolute Gasteiger partial charge is 0.150 e. The van der Waals surface area contributed by atoms with Crippen LogP contribution < -0.4 is 5.32 Å². The van der Waals surface area contributed by atoms with Crippen LogP contribution in [0.3, 0.4) is 0 Å². The lowest BCUT2D eigenvalue weighted by Crippen LogP contribution is -2.34. The summed E-state index contributed by atoms with van der Waals surface area (Å²) in [6.45, 7) is 1.40. The van der Waals surface area contributed by atoms with Gasteiger partial charge >= 0.3 is 0 Å². The Morgan fingerprint density at radius 1 is 1.50 bits per heavy atom. The summed E-state index contributed by atoms with van der Waals surface area (Å²) in [5.41, 5.74) is -0.0937. The van der Waals surface area contributed by atoms with Crippen molar-refractivity contribution in [3.8, 4) is 0 Å². The van der Waals surface area contributed by atoms with Crippen molar-refractivity contribution in [1.29, 1.82) is 0 Å². The summed E-state index contributed by atoms with van der Waals surface area (Å²) in [6, 6.07) is 0. The van der Waals surface area contributed by atoms with Crippen LogP contribution in [-0.4, -0.2) is 47.2 Å². The standard InChI is InChI=1S/C9H19NO3S/c1-10-7-9(3-5-13-2)4-6-14(11,12)8-9/h10H,3-8H2,1-2H3. The lowest BCUT2D eigenvalue weighted by atomic mass is 9.84. The molecule has 0 radical (unpaired) electrons. The van der Waals surface area contributed by atoms with Crippen LogP contribution in [0.2, 0.25) is 0 Å². The molecule has 84 valence electrons. The molecule has 1 heterocycles. The topological polar surface area (TPSA) is 55.4 Å². The van der Waals surface area contributed by atoms with Gasteiger partial charge in [-0.05, 0) is 25.3 Å². The first-order valence-corrected chi connectivity index (χ1v) is 6.70. The third-order valence-corrected chi connectivity index (χ3v) is 4.74. The van der Waals surface area contributed by atoms with Gasteiger partial charge in [0.2, 0.25) is 0 Å². The Kier molecular flexibility index (Phi) is 3.92. The van der Waals surface area contributed by atoms with Crippen LogP contribution in [0.4, 0.5) is 0 Å². The van der Waals surface area contributed by atoms with Crippen LogP contribution in [0, 0.1) is 5.41 Å². The van der Waals surface area contributed by atoms with E-state index in [4.69, 9.17) is 4.74 Å². The van der Waals surface area contributed by atoms with Gasteiger partial charge in [-0.1, -0.05) is 0 Å². The molecule has 4 nitrogen and oxygen atoms in total. The van der Waals surface area contributed by atoms with Crippen LogP contribution in [0.1, 0.15) is 12.8 Å². The molecule has 1 atom stereocenters. The quantitative estimate of drug-likeness (QED) is 0.712. The predicted octanol–water partition coefficient (Wildman–Crippen LogP) is 0.0472. The molecule has 14 heavy (non-hydrogen) atoms. The van der Waals surface area contributed by atoms with Gasteiger partial charge < -0.3 is 10.1 Å². The van der Waals surface area contributed by atoms with Crippen molar-refractivity contribution >= 4 is 9.84 Å². The van der Waals surface area contributed by atoms with Gasteiger partial charge in [0, 0.05) is 20.3 Å². The summed E-state index contributed by atoms with van der Waals surface area (Å²) in [7, 11) is 0.708. The third-order valence-electron chi connectivity index (χ3n) is 2.86. The molecule has 0 bridgehead atoms. The van der Waals surface area contributed by atoms with E-state index in [0.717, 1.165) is 19.4 Å².